The molecule has 0 heterocycles. The zero-order chi connectivity index (χ0) is 29.6. The fourth-order valence-electron chi connectivity index (χ4n) is 12.4. The van der Waals surface area contributed by atoms with Gasteiger partial charge < -0.3 is 4.74 Å². The van der Waals surface area contributed by atoms with Crippen molar-refractivity contribution in [2.24, 2.45) is 56.7 Å². The first-order valence-electron chi connectivity index (χ1n) is 16.3. The van der Waals surface area contributed by atoms with E-state index in [0.29, 0.717) is 35.4 Å². The maximum atomic E-state index is 14.0. The van der Waals surface area contributed by atoms with E-state index in [4.69, 9.17) is 4.74 Å². The number of methoxy groups -OCH3 is 1. The van der Waals surface area contributed by atoms with E-state index in [0.717, 1.165) is 49.7 Å². The van der Waals surface area contributed by atoms with Crippen LogP contribution in [0.1, 0.15) is 105 Å². The quantitative estimate of drug-likeness (QED) is 0.212. The highest BCUT2D eigenvalue weighted by molar-refractivity contribution is 6.04. The normalized spacial score (nSPS) is 45.7. The van der Waals surface area contributed by atoms with Crippen LogP contribution in [-0.4, -0.2) is 18.9 Å². The largest absolute Gasteiger partial charge is 0.469 e. The lowest BCUT2D eigenvalue weighted by Crippen LogP contribution is -2.67. The number of fused-ring (bicyclic) bond motifs is 7. The number of carbonyl (C=O) groups excluding carboxylic acids is 2. The van der Waals surface area contributed by atoms with Gasteiger partial charge in [0.1, 0.15) is 0 Å². The first-order valence-corrected chi connectivity index (χ1v) is 16.3. The van der Waals surface area contributed by atoms with E-state index in [1.165, 1.54) is 24.8 Å². The first-order chi connectivity index (χ1) is 19.3. The van der Waals surface area contributed by atoms with E-state index >= 15 is 0 Å². The SMILES string of the molecule is C=C(C)[C@H]1CC[C@@]2(C(=O)OC)CC[C@]3(C)[C@@H](CC[C@H]4[C@@]5(C)CC(=Cc6ccccc6)C(=O)C(C)(C)[C@H]5CC[C@]43C)[C@H]12. The second kappa shape index (κ2) is 9.42. The predicted molar refractivity (Wildman–Crippen MR) is 166 cm³/mol. The third kappa shape index (κ3) is 3.75. The van der Waals surface area contributed by atoms with Crippen molar-refractivity contribution < 1.29 is 14.3 Å². The Labute approximate surface area is 248 Å². The van der Waals surface area contributed by atoms with E-state index in [1.807, 2.05) is 6.07 Å². The summed E-state index contributed by atoms with van der Waals surface area (Å²) in [7, 11) is 1.59. The van der Waals surface area contributed by atoms with Crippen LogP contribution in [0, 0.1) is 56.7 Å². The second-order valence-electron chi connectivity index (χ2n) is 16.1. The monoisotopic (exact) mass is 556 g/mol. The number of carbonyl (C=O) groups is 2. The van der Waals surface area contributed by atoms with Gasteiger partial charge in [-0.25, -0.2) is 0 Å². The Morgan fingerprint density at radius 3 is 2.27 bits per heavy atom. The smallest absolute Gasteiger partial charge is 0.312 e. The Bertz CT molecular complexity index is 1290. The summed E-state index contributed by atoms with van der Waals surface area (Å²) in [5, 5.41) is 0. The minimum atomic E-state index is -0.365. The van der Waals surface area contributed by atoms with Crippen LogP contribution < -0.4 is 0 Å². The summed E-state index contributed by atoms with van der Waals surface area (Å²) >= 11 is 0. The topological polar surface area (TPSA) is 43.4 Å². The van der Waals surface area contributed by atoms with Gasteiger partial charge in [-0.1, -0.05) is 77.1 Å². The molecule has 1 aromatic rings. The molecule has 5 fully saturated rings. The maximum Gasteiger partial charge on any atom is 0.312 e. The van der Waals surface area contributed by atoms with Crippen LogP contribution in [0.2, 0.25) is 0 Å². The fourth-order valence-corrected chi connectivity index (χ4v) is 12.4. The number of Topliss-reactive ketones (excluding diaryl/α,β-unsaturated/α-hetero) is 1. The van der Waals surface area contributed by atoms with Gasteiger partial charge in [-0.15, -0.1) is 0 Å². The molecular formula is C38H52O3. The molecule has 1 aromatic carbocycles. The molecule has 5 aliphatic rings. The van der Waals surface area contributed by atoms with Gasteiger partial charge >= 0.3 is 5.97 Å². The van der Waals surface area contributed by atoms with Crippen molar-refractivity contribution in [1.29, 1.82) is 0 Å². The van der Waals surface area contributed by atoms with E-state index in [-0.39, 0.29) is 33.0 Å². The van der Waals surface area contributed by atoms with Crippen molar-refractivity contribution in [2.45, 2.75) is 99.3 Å². The predicted octanol–water partition coefficient (Wildman–Crippen LogP) is 9.08. The number of allylic oxidation sites excluding steroid dienone is 2. The van der Waals surface area contributed by atoms with Crippen LogP contribution in [0.25, 0.3) is 6.08 Å². The zero-order valence-corrected chi connectivity index (χ0v) is 26.6. The summed E-state index contributed by atoms with van der Waals surface area (Å²) in [5.74, 6) is 2.55. The van der Waals surface area contributed by atoms with Gasteiger partial charge in [0.15, 0.2) is 5.78 Å². The molecule has 0 unspecified atom stereocenters. The molecule has 222 valence electrons. The standard InChI is InChI=1S/C38H52O3/c1-24(2)27-16-19-38(33(40)41-8)21-20-36(6)28(31(27)38)14-15-30-35(5)23-26(22-25-12-10-9-11-13-25)32(39)34(3,4)29(35)17-18-37(30,36)7/h9-13,22,27-31H,1,14-21,23H2,2-8H3/t27-,28+,29-,30+,31+,35+,36-,37-,38-/m1/s1. The number of ketones is 1. The van der Waals surface area contributed by atoms with Gasteiger partial charge in [0.2, 0.25) is 0 Å². The van der Waals surface area contributed by atoms with Gasteiger partial charge in [0.05, 0.1) is 12.5 Å². The van der Waals surface area contributed by atoms with Crippen LogP contribution in [0.3, 0.4) is 0 Å². The van der Waals surface area contributed by atoms with E-state index in [1.54, 1.807) is 7.11 Å². The fraction of sp³-hybridized carbons (Fsp3) is 0.684. The molecule has 0 bridgehead atoms. The van der Waals surface area contributed by atoms with E-state index in [2.05, 4.69) is 78.5 Å². The average molecular weight is 557 g/mol. The Morgan fingerprint density at radius 1 is 0.902 bits per heavy atom. The summed E-state index contributed by atoms with van der Waals surface area (Å²) in [6.45, 7) is 18.9. The Kier molecular flexibility index (Phi) is 6.65. The van der Waals surface area contributed by atoms with Crippen molar-refractivity contribution in [2.75, 3.05) is 7.11 Å². The van der Waals surface area contributed by atoms with Gasteiger partial charge in [-0.05, 0) is 128 Å². The molecule has 0 N–H and O–H groups in total. The van der Waals surface area contributed by atoms with Crippen molar-refractivity contribution in [1.82, 2.24) is 0 Å². The van der Waals surface area contributed by atoms with Crippen LogP contribution in [0.15, 0.2) is 48.1 Å². The van der Waals surface area contributed by atoms with Crippen LogP contribution >= 0.6 is 0 Å². The van der Waals surface area contributed by atoms with Crippen LogP contribution in [-0.2, 0) is 14.3 Å². The van der Waals surface area contributed by atoms with Crippen molar-refractivity contribution >= 4 is 17.8 Å². The van der Waals surface area contributed by atoms with Crippen LogP contribution in [0.4, 0.5) is 0 Å². The Hall–Kier alpha value is -2.16. The van der Waals surface area contributed by atoms with Crippen LogP contribution in [0.5, 0.6) is 0 Å². The molecule has 0 aromatic heterocycles. The minimum Gasteiger partial charge on any atom is -0.469 e. The lowest BCUT2D eigenvalue weighted by atomic mass is 9.32. The lowest BCUT2D eigenvalue weighted by Gasteiger charge is -2.72. The summed E-state index contributed by atoms with van der Waals surface area (Å²) in [4.78, 5) is 27.5. The van der Waals surface area contributed by atoms with Crippen molar-refractivity contribution in [3.05, 3.63) is 53.6 Å². The highest BCUT2D eigenvalue weighted by atomic mass is 16.5. The molecule has 0 aliphatic heterocycles. The summed E-state index contributed by atoms with van der Waals surface area (Å²) in [6, 6.07) is 10.4. The highest BCUT2D eigenvalue weighted by Crippen LogP contribution is 2.77. The lowest BCUT2D eigenvalue weighted by molar-refractivity contribution is -0.232. The molecule has 6 rings (SSSR count). The van der Waals surface area contributed by atoms with Gasteiger partial charge in [0.25, 0.3) is 0 Å². The molecule has 0 saturated heterocycles. The number of rotatable bonds is 3. The Balaban J connectivity index is 1.42. The minimum absolute atomic E-state index is 0.0273. The first kappa shape index (κ1) is 28.9. The average Bonchev–Trinajstić information content (AvgIpc) is 3.33. The number of hydrogen-bond donors (Lipinski definition) is 0. The molecule has 41 heavy (non-hydrogen) atoms. The molecule has 5 aliphatic carbocycles. The van der Waals surface area contributed by atoms with E-state index in [9.17, 15) is 9.59 Å². The third-order valence-electron chi connectivity index (χ3n) is 14.4. The highest BCUT2D eigenvalue weighted by Gasteiger charge is 2.72. The maximum absolute atomic E-state index is 14.0. The zero-order valence-electron chi connectivity index (χ0n) is 26.6. The Morgan fingerprint density at radius 2 is 1.61 bits per heavy atom. The second-order valence-corrected chi connectivity index (χ2v) is 16.1. The van der Waals surface area contributed by atoms with Gasteiger partial charge in [-0.2, -0.15) is 0 Å². The van der Waals surface area contributed by atoms with Crippen molar-refractivity contribution in [3.63, 3.8) is 0 Å². The summed E-state index contributed by atoms with van der Waals surface area (Å²) < 4.78 is 5.54. The number of hydrogen-bond acceptors (Lipinski definition) is 3. The van der Waals surface area contributed by atoms with Crippen molar-refractivity contribution in [3.8, 4) is 0 Å². The summed E-state index contributed by atoms with van der Waals surface area (Å²) in [6.07, 6.45) is 11.7. The molecule has 3 nitrogen and oxygen atoms in total. The number of esters is 1. The van der Waals surface area contributed by atoms with Gasteiger partial charge in [0, 0.05) is 5.41 Å². The number of benzene rings is 1. The molecule has 5 saturated carbocycles. The number of ether oxygens (including phenoxy) is 1. The molecule has 0 radical (unpaired) electrons. The van der Waals surface area contributed by atoms with E-state index < -0.39 is 0 Å². The molecular weight excluding hydrogens is 504 g/mol. The molecule has 0 amide bonds. The van der Waals surface area contributed by atoms with Gasteiger partial charge in [-0.3, -0.25) is 9.59 Å². The third-order valence-corrected chi connectivity index (χ3v) is 14.4. The molecule has 0 spiro atoms. The molecule has 9 atom stereocenters. The molecule has 3 heteroatoms. The summed E-state index contributed by atoms with van der Waals surface area (Å²) in [5.41, 5.74) is 3.06.